The smallest absolute Gasteiger partial charge is 0.0630 e. The first-order valence-corrected chi connectivity index (χ1v) is 6.57. The Morgan fingerprint density at radius 2 is 1.84 bits per heavy atom. The average molecular weight is 256 g/mol. The number of pyridine rings is 2. The van der Waals surface area contributed by atoms with Gasteiger partial charge in [0.25, 0.3) is 0 Å². The van der Waals surface area contributed by atoms with Crippen molar-refractivity contribution in [1.29, 1.82) is 0 Å². The van der Waals surface area contributed by atoms with Gasteiger partial charge in [-0.25, -0.2) is 0 Å². The Bertz CT molecular complexity index is 494. The molecule has 4 heteroatoms. The zero-order chi connectivity index (χ0) is 13.7. The van der Waals surface area contributed by atoms with E-state index in [0.717, 1.165) is 29.8 Å². The molecule has 2 rings (SSSR count). The van der Waals surface area contributed by atoms with Gasteiger partial charge in [-0.2, -0.15) is 0 Å². The molecule has 0 saturated heterocycles. The minimum atomic E-state index is 0.0438. The zero-order valence-electron chi connectivity index (χ0n) is 11.4. The van der Waals surface area contributed by atoms with E-state index in [0.29, 0.717) is 0 Å². The lowest BCUT2D eigenvalue weighted by molar-refractivity contribution is 0.594. The molecular formula is C15H20N4. The van der Waals surface area contributed by atoms with E-state index < -0.39 is 0 Å². The quantitative estimate of drug-likeness (QED) is 0.862. The van der Waals surface area contributed by atoms with Crippen LogP contribution in [0.25, 0.3) is 0 Å². The zero-order valence-corrected chi connectivity index (χ0v) is 11.4. The van der Waals surface area contributed by atoms with Crippen LogP contribution in [0.3, 0.4) is 0 Å². The predicted octanol–water partition coefficient (Wildman–Crippen LogP) is 2.46. The fraction of sp³-hybridized carbons (Fsp3) is 0.333. The van der Waals surface area contributed by atoms with Gasteiger partial charge in [-0.15, -0.1) is 0 Å². The summed E-state index contributed by atoms with van der Waals surface area (Å²) in [7, 11) is 0. The molecule has 0 spiro atoms. The number of anilines is 1. The van der Waals surface area contributed by atoms with E-state index in [1.807, 2.05) is 30.7 Å². The van der Waals surface area contributed by atoms with Crippen molar-refractivity contribution >= 4 is 5.69 Å². The Hall–Kier alpha value is -1.94. The van der Waals surface area contributed by atoms with E-state index in [1.165, 1.54) is 5.56 Å². The molecule has 0 radical (unpaired) electrons. The number of hydrogen-bond acceptors (Lipinski definition) is 4. The number of hydrogen-bond donors (Lipinski definition) is 2. The molecule has 0 aromatic carbocycles. The lowest BCUT2D eigenvalue weighted by Crippen LogP contribution is -2.25. The first kappa shape index (κ1) is 13.5. The average Bonchev–Trinajstić information content (AvgIpc) is 2.42. The fourth-order valence-electron chi connectivity index (χ4n) is 2.11. The molecule has 0 saturated carbocycles. The van der Waals surface area contributed by atoms with Gasteiger partial charge in [-0.05, 0) is 43.1 Å². The normalized spacial score (nSPS) is 12.3. The molecule has 0 aliphatic heterocycles. The highest BCUT2D eigenvalue weighted by atomic mass is 14.9. The van der Waals surface area contributed by atoms with E-state index in [4.69, 9.17) is 5.73 Å². The summed E-state index contributed by atoms with van der Waals surface area (Å²) in [6, 6.07) is 3.90. The summed E-state index contributed by atoms with van der Waals surface area (Å²) in [5, 5.41) is 3.52. The summed E-state index contributed by atoms with van der Waals surface area (Å²) < 4.78 is 0. The van der Waals surface area contributed by atoms with Crippen LogP contribution in [0.4, 0.5) is 5.69 Å². The van der Waals surface area contributed by atoms with Crippen LogP contribution in [0, 0.1) is 6.92 Å². The van der Waals surface area contributed by atoms with Gasteiger partial charge in [-0.3, -0.25) is 9.97 Å². The molecule has 1 unspecified atom stereocenters. The summed E-state index contributed by atoms with van der Waals surface area (Å²) in [5.74, 6) is 0. The van der Waals surface area contributed by atoms with E-state index in [9.17, 15) is 0 Å². The number of nitrogens with zero attached hydrogens (tertiary/aromatic N) is 2. The number of nitrogens with two attached hydrogens (primary N) is 1. The van der Waals surface area contributed by atoms with Gasteiger partial charge in [0.15, 0.2) is 0 Å². The van der Waals surface area contributed by atoms with Crippen molar-refractivity contribution in [2.75, 3.05) is 12.3 Å². The van der Waals surface area contributed by atoms with E-state index in [-0.39, 0.29) is 6.04 Å². The van der Waals surface area contributed by atoms with Crippen LogP contribution in [0.1, 0.15) is 36.1 Å². The molecule has 2 aromatic rings. The maximum absolute atomic E-state index is 6.08. The molecule has 2 heterocycles. The third-order valence-corrected chi connectivity index (χ3v) is 3.19. The maximum atomic E-state index is 6.08. The lowest BCUT2D eigenvalue weighted by Gasteiger charge is -2.22. The van der Waals surface area contributed by atoms with E-state index in [1.54, 1.807) is 6.20 Å². The Morgan fingerprint density at radius 1 is 1.16 bits per heavy atom. The van der Waals surface area contributed by atoms with Crippen LogP contribution in [0.2, 0.25) is 0 Å². The summed E-state index contributed by atoms with van der Waals surface area (Å²) in [6.07, 6.45) is 8.31. The highest BCUT2D eigenvalue weighted by Gasteiger charge is 2.18. The minimum Gasteiger partial charge on any atom is -0.398 e. The van der Waals surface area contributed by atoms with Gasteiger partial charge in [-0.1, -0.05) is 6.92 Å². The molecule has 3 N–H and O–H groups in total. The van der Waals surface area contributed by atoms with E-state index >= 15 is 0 Å². The Kier molecular flexibility index (Phi) is 4.47. The number of aromatic nitrogens is 2. The fourth-order valence-corrected chi connectivity index (χ4v) is 2.11. The molecule has 1 atom stereocenters. The number of nitrogen functional groups attached to an aromatic ring is 1. The molecule has 19 heavy (non-hydrogen) atoms. The maximum Gasteiger partial charge on any atom is 0.0630 e. The molecule has 0 aliphatic carbocycles. The van der Waals surface area contributed by atoms with Crippen molar-refractivity contribution in [2.45, 2.75) is 26.3 Å². The Labute approximate surface area is 114 Å². The van der Waals surface area contributed by atoms with Crippen molar-refractivity contribution in [2.24, 2.45) is 0 Å². The van der Waals surface area contributed by atoms with Crippen LogP contribution in [0.15, 0.2) is 36.9 Å². The summed E-state index contributed by atoms with van der Waals surface area (Å²) in [5.41, 5.74) is 10.2. The third kappa shape index (κ3) is 3.09. The highest BCUT2D eigenvalue weighted by Crippen LogP contribution is 2.27. The van der Waals surface area contributed by atoms with Gasteiger partial charge in [0.05, 0.1) is 6.04 Å². The first-order chi connectivity index (χ1) is 9.24. The van der Waals surface area contributed by atoms with Crippen molar-refractivity contribution in [3.63, 3.8) is 0 Å². The van der Waals surface area contributed by atoms with Crippen LogP contribution in [-0.2, 0) is 0 Å². The molecule has 100 valence electrons. The predicted molar refractivity (Wildman–Crippen MR) is 77.8 cm³/mol. The molecule has 0 fully saturated rings. The second-order valence-electron chi connectivity index (χ2n) is 4.62. The second kappa shape index (κ2) is 6.29. The molecular weight excluding hydrogens is 236 g/mol. The van der Waals surface area contributed by atoms with Gasteiger partial charge in [0, 0.05) is 36.0 Å². The third-order valence-electron chi connectivity index (χ3n) is 3.19. The summed E-state index contributed by atoms with van der Waals surface area (Å²) >= 11 is 0. The Balaban J connectivity index is 2.42. The molecule has 0 amide bonds. The van der Waals surface area contributed by atoms with Crippen molar-refractivity contribution in [1.82, 2.24) is 15.3 Å². The minimum absolute atomic E-state index is 0.0438. The van der Waals surface area contributed by atoms with Crippen LogP contribution in [-0.4, -0.2) is 16.5 Å². The van der Waals surface area contributed by atoms with Crippen LogP contribution >= 0.6 is 0 Å². The number of nitrogens with one attached hydrogen (secondary N) is 1. The van der Waals surface area contributed by atoms with Crippen LogP contribution < -0.4 is 11.1 Å². The SMILES string of the molecule is CCCNC(c1cnccc1C)c1cnccc1N. The highest BCUT2D eigenvalue weighted by molar-refractivity contribution is 5.50. The molecule has 0 aliphatic rings. The van der Waals surface area contributed by atoms with E-state index in [2.05, 4.69) is 29.1 Å². The number of rotatable bonds is 5. The van der Waals surface area contributed by atoms with Gasteiger partial charge < -0.3 is 11.1 Å². The van der Waals surface area contributed by atoms with Crippen molar-refractivity contribution in [3.8, 4) is 0 Å². The summed E-state index contributed by atoms with van der Waals surface area (Å²) in [6.45, 7) is 5.16. The summed E-state index contributed by atoms with van der Waals surface area (Å²) in [4.78, 5) is 8.42. The van der Waals surface area contributed by atoms with Gasteiger partial charge in [0.1, 0.15) is 0 Å². The molecule has 4 nitrogen and oxygen atoms in total. The molecule has 0 bridgehead atoms. The lowest BCUT2D eigenvalue weighted by atomic mass is 9.96. The number of aryl methyl sites for hydroxylation is 1. The topological polar surface area (TPSA) is 63.8 Å². The van der Waals surface area contributed by atoms with Crippen molar-refractivity contribution in [3.05, 3.63) is 53.6 Å². The van der Waals surface area contributed by atoms with Gasteiger partial charge in [0.2, 0.25) is 0 Å². The van der Waals surface area contributed by atoms with Gasteiger partial charge >= 0.3 is 0 Å². The van der Waals surface area contributed by atoms with Crippen molar-refractivity contribution < 1.29 is 0 Å². The molecule has 2 aromatic heterocycles. The second-order valence-corrected chi connectivity index (χ2v) is 4.62. The standard InChI is InChI=1S/C15H20N4/c1-3-6-19-15(12-9-17-7-4-11(12)2)13-10-18-8-5-14(13)16/h4-5,7-10,15,19H,3,6H2,1-2H3,(H2,16,18). The largest absolute Gasteiger partial charge is 0.398 e. The Morgan fingerprint density at radius 3 is 2.47 bits per heavy atom. The van der Waals surface area contributed by atoms with Crippen LogP contribution in [0.5, 0.6) is 0 Å². The monoisotopic (exact) mass is 256 g/mol. The first-order valence-electron chi connectivity index (χ1n) is 6.57.